The van der Waals surface area contributed by atoms with Crippen LogP contribution in [-0.4, -0.2) is 19.9 Å². The van der Waals surface area contributed by atoms with Crippen molar-refractivity contribution in [3.05, 3.63) is 12.2 Å². The number of hydrogen-bond acceptors (Lipinski definition) is 3. The Balaban J connectivity index is 2.40. The standard InChI is InChI=1S/C10H17N3O/c1-4-13-8(11-7-12-13)10(14)6-5-9(10,2)3/h7,14H,4-6H2,1-3H3. The van der Waals surface area contributed by atoms with E-state index in [1.54, 1.807) is 4.68 Å². The monoisotopic (exact) mass is 195 g/mol. The van der Waals surface area contributed by atoms with Gasteiger partial charge in [0.15, 0.2) is 5.82 Å². The lowest BCUT2D eigenvalue weighted by atomic mass is 9.58. The summed E-state index contributed by atoms with van der Waals surface area (Å²) in [6.07, 6.45) is 3.35. The van der Waals surface area contributed by atoms with Gasteiger partial charge in [-0.05, 0) is 19.8 Å². The summed E-state index contributed by atoms with van der Waals surface area (Å²) in [5.41, 5.74) is -0.855. The van der Waals surface area contributed by atoms with Crippen molar-refractivity contribution in [1.29, 1.82) is 0 Å². The highest BCUT2D eigenvalue weighted by molar-refractivity contribution is 5.14. The smallest absolute Gasteiger partial charge is 0.159 e. The van der Waals surface area contributed by atoms with Gasteiger partial charge in [-0.3, -0.25) is 0 Å². The minimum atomic E-state index is -0.778. The number of hydrogen-bond donors (Lipinski definition) is 1. The molecule has 0 bridgehead atoms. The van der Waals surface area contributed by atoms with Crippen molar-refractivity contribution in [3.8, 4) is 0 Å². The van der Waals surface area contributed by atoms with Gasteiger partial charge in [-0.25, -0.2) is 9.67 Å². The molecule has 0 radical (unpaired) electrons. The summed E-state index contributed by atoms with van der Waals surface area (Å²) in [5.74, 6) is 0.719. The first-order chi connectivity index (χ1) is 6.51. The van der Waals surface area contributed by atoms with Gasteiger partial charge in [-0.1, -0.05) is 13.8 Å². The first-order valence-electron chi connectivity index (χ1n) is 5.12. The third kappa shape index (κ3) is 1.03. The third-order valence-electron chi connectivity index (χ3n) is 3.52. The summed E-state index contributed by atoms with van der Waals surface area (Å²) >= 11 is 0. The Kier molecular flexibility index (Phi) is 1.93. The van der Waals surface area contributed by atoms with Crippen LogP contribution in [0.1, 0.15) is 39.4 Å². The highest BCUT2D eigenvalue weighted by Crippen LogP contribution is 2.54. The van der Waals surface area contributed by atoms with Gasteiger partial charge in [0.2, 0.25) is 0 Å². The second-order valence-electron chi connectivity index (χ2n) is 4.64. The fourth-order valence-corrected chi connectivity index (χ4v) is 2.09. The van der Waals surface area contributed by atoms with Crippen molar-refractivity contribution in [1.82, 2.24) is 14.8 Å². The maximum absolute atomic E-state index is 10.5. The topological polar surface area (TPSA) is 50.9 Å². The molecule has 78 valence electrons. The lowest BCUT2D eigenvalue weighted by Gasteiger charge is -2.51. The van der Waals surface area contributed by atoms with Gasteiger partial charge < -0.3 is 5.11 Å². The molecule has 0 saturated heterocycles. The Labute approximate surface area is 84.0 Å². The van der Waals surface area contributed by atoms with E-state index in [1.165, 1.54) is 6.33 Å². The van der Waals surface area contributed by atoms with Gasteiger partial charge in [0.25, 0.3) is 0 Å². The molecule has 1 aliphatic rings. The van der Waals surface area contributed by atoms with E-state index in [9.17, 15) is 5.11 Å². The molecule has 2 rings (SSSR count). The number of rotatable bonds is 2. The molecular weight excluding hydrogens is 178 g/mol. The van der Waals surface area contributed by atoms with Crippen LogP contribution in [0, 0.1) is 5.41 Å². The highest BCUT2D eigenvalue weighted by Gasteiger charge is 2.55. The normalized spacial score (nSPS) is 30.0. The Morgan fingerprint density at radius 3 is 2.64 bits per heavy atom. The van der Waals surface area contributed by atoms with Gasteiger partial charge in [0.1, 0.15) is 11.9 Å². The maximum Gasteiger partial charge on any atom is 0.159 e. The Morgan fingerprint density at radius 1 is 1.50 bits per heavy atom. The van der Waals surface area contributed by atoms with E-state index in [-0.39, 0.29) is 5.41 Å². The van der Waals surface area contributed by atoms with Crippen LogP contribution >= 0.6 is 0 Å². The molecule has 4 nitrogen and oxygen atoms in total. The average Bonchev–Trinajstić information content (AvgIpc) is 2.62. The van der Waals surface area contributed by atoms with E-state index in [2.05, 4.69) is 23.9 Å². The number of aromatic nitrogens is 3. The van der Waals surface area contributed by atoms with Crippen LogP contribution in [0.25, 0.3) is 0 Å². The van der Waals surface area contributed by atoms with Crippen LogP contribution in [-0.2, 0) is 12.1 Å². The quantitative estimate of drug-likeness (QED) is 0.774. The van der Waals surface area contributed by atoms with Crippen LogP contribution in [0.15, 0.2) is 6.33 Å². The van der Waals surface area contributed by atoms with Crippen molar-refractivity contribution in [3.63, 3.8) is 0 Å². The van der Waals surface area contributed by atoms with Crippen molar-refractivity contribution in [2.24, 2.45) is 5.41 Å². The molecule has 1 saturated carbocycles. The average molecular weight is 195 g/mol. The molecule has 0 amide bonds. The van der Waals surface area contributed by atoms with Crippen molar-refractivity contribution >= 4 is 0 Å². The second-order valence-corrected chi connectivity index (χ2v) is 4.64. The summed E-state index contributed by atoms with van der Waals surface area (Å²) in [4.78, 5) is 4.18. The molecule has 1 atom stereocenters. The lowest BCUT2D eigenvalue weighted by molar-refractivity contribution is -0.164. The second kappa shape index (κ2) is 2.79. The molecule has 0 spiro atoms. The van der Waals surface area contributed by atoms with Gasteiger partial charge in [0, 0.05) is 12.0 Å². The van der Waals surface area contributed by atoms with Crippen molar-refractivity contribution < 1.29 is 5.11 Å². The summed E-state index contributed by atoms with van der Waals surface area (Å²) < 4.78 is 1.78. The van der Waals surface area contributed by atoms with Crippen LogP contribution < -0.4 is 0 Å². The first-order valence-corrected chi connectivity index (χ1v) is 5.12. The number of aliphatic hydroxyl groups is 1. The van der Waals surface area contributed by atoms with Crippen molar-refractivity contribution in [2.45, 2.75) is 45.8 Å². The molecule has 1 unspecified atom stereocenters. The highest BCUT2D eigenvalue weighted by atomic mass is 16.3. The molecule has 4 heteroatoms. The molecule has 1 aromatic rings. The largest absolute Gasteiger partial charge is 0.381 e. The third-order valence-corrected chi connectivity index (χ3v) is 3.52. The van der Waals surface area contributed by atoms with Crippen LogP contribution in [0.5, 0.6) is 0 Å². The molecule has 1 fully saturated rings. The minimum absolute atomic E-state index is 0.0764. The summed E-state index contributed by atoms with van der Waals surface area (Å²) in [6.45, 7) is 6.91. The zero-order valence-electron chi connectivity index (χ0n) is 8.99. The zero-order valence-corrected chi connectivity index (χ0v) is 8.99. The molecule has 14 heavy (non-hydrogen) atoms. The molecule has 1 N–H and O–H groups in total. The van der Waals surface area contributed by atoms with Crippen LogP contribution in [0.3, 0.4) is 0 Å². The fraction of sp³-hybridized carbons (Fsp3) is 0.800. The summed E-state index contributed by atoms with van der Waals surface area (Å²) in [6, 6.07) is 0. The number of nitrogens with zero attached hydrogens (tertiary/aromatic N) is 3. The summed E-state index contributed by atoms with van der Waals surface area (Å²) in [5, 5.41) is 14.6. The molecule has 0 aliphatic heterocycles. The van der Waals surface area contributed by atoms with E-state index >= 15 is 0 Å². The zero-order chi connectivity index (χ0) is 10.4. The van der Waals surface area contributed by atoms with E-state index in [0.29, 0.717) is 0 Å². The molecule has 1 aromatic heterocycles. The molecular formula is C10H17N3O. The first kappa shape index (κ1) is 9.65. The van der Waals surface area contributed by atoms with Gasteiger partial charge in [0.05, 0.1) is 0 Å². The lowest BCUT2D eigenvalue weighted by Crippen LogP contribution is -2.52. The number of aryl methyl sites for hydroxylation is 1. The van der Waals surface area contributed by atoms with Crippen LogP contribution in [0.4, 0.5) is 0 Å². The minimum Gasteiger partial charge on any atom is -0.381 e. The van der Waals surface area contributed by atoms with Crippen molar-refractivity contribution in [2.75, 3.05) is 0 Å². The summed E-state index contributed by atoms with van der Waals surface area (Å²) in [7, 11) is 0. The predicted octanol–water partition coefficient (Wildman–Crippen LogP) is 1.31. The molecule has 1 aliphatic carbocycles. The molecule has 1 heterocycles. The van der Waals surface area contributed by atoms with Crippen LogP contribution in [0.2, 0.25) is 0 Å². The van der Waals surface area contributed by atoms with E-state index in [1.807, 2.05) is 6.92 Å². The van der Waals surface area contributed by atoms with E-state index < -0.39 is 5.60 Å². The maximum atomic E-state index is 10.5. The predicted molar refractivity (Wildman–Crippen MR) is 52.6 cm³/mol. The molecule has 0 aromatic carbocycles. The van der Waals surface area contributed by atoms with Gasteiger partial charge in [-0.15, -0.1) is 0 Å². The Hall–Kier alpha value is -0.900. The Bertz CT molecular complexity index is 345. The fourth-order valence-electron chi connectivity index (χ4n) is 2.09. The van der Waals surface area contributed by atoms with E-state index in [4.69, 9.17) is 0 Å². The SMILES string of the molecule is CCn1ncnc1C1(O)CCC1(C)C. The van der Waals surface area contributed by atoms with E-state index in [0.717, 1.165) is 25.2 Å². The van der Waals surface area contributed by atoms with Gasteiger partial charge >= 0.3 is 0 Å². The van der Waals surface area contributed by atoms with Gasteiger partial charge in [-0.2, -0.15) is 5.10 Å². The Morgan fingerprint density at radius 2 is 2.21 bits per heavy atom.